The zero-order chi connectivity index (χ0) is 22.0. The zero-order valence-electron chi connectivity index (χ0n) is 18.6. The summed E-state index contributed by atoms with van der Waals surface area (Å²) < 4.78 is 11.3. The number of aromatic amines is 1. The van der Waals surface area contributed by atoms with Crippen molar-refractivity contribution in [3.8, 4) is 0 Å². The van der Waals surface area contributed by atoms with E-state index in [1.54, 1.807) is 6.07 Å². The van der Waals surface area contributed by atoms with Gasteiger partial charge in [0.15, 0.2) is 5.82 Å². The third-order valence-corrected chi connectivity index (χ3v) is 7.22. The molecule has 0 aromatic carbocycles. The average Bonchev–Trinajstić information content (AvgIpc) is 3.38. The quantitative estimate of drug-likeness (QED) is 0.552. The molecule has 1 saturated heterocycles. The lowest BCUT2D eigenvalue weighted by Gasteiger charge is -2.30. The van der Waals surface area contributed by atoms with Crippen LogP contribution < -0.4 is 10.9 Å². The predicted molar refractivity (Wildman–Crippen MR) is 117 cm³/mol. The van der Waals surface area contributed by atoms with E-state index in [9.17, 15) is 9.59 Å². The van der Waals surface area contributed by atoms with E-state index in [2.05, 4.69) is 20.4 Å². The number of aromatic nitrogens is 3. The lowest BCUT2D eigenvalue weighted by molar-refractivity contribution is 0.0833. The van der Waals surface area contributed by atoms with Crippen LogP contribution in [0.25, 0.3) is 0 Å². The molecule has 0 radical (unpaired) electrons. The molecule has 5 rings (SSSR count). The minimum absolute atomic E-state index is 0.165. The van der Waals surface area contributed by atoms with Gasteiger partial charge in [-0.2, -0.15) is 4.98 Å². The number of pyridine rings is 1. The lowest BCUT2D eigenvalue weighted by Crippen LogP contribution is -2.47. The van der Waals surface area contributed by atoms with Crippen molar-refractivity contribution in [2.45, 2.75) is 95.1 Å². The molecule has 2 fully saturated rings. The Hall–Kier alpha value is -2.48. The van der Waals surface area contributed by atoms with E-state index in [0.29, 0.717) is 18.3 Å². The number of hydrogen-bond acceptors (Lipinski definition) is 6. The number of H-pyrrole nitrogens is 1. The number of aryl methyl sites for hydroxylation is 2. The summed E-state index contributed by atoms with van der Waals surface area (Å²) in [6.45, 7) is 0.700. The topological polar surface area (TPSA) is 110 Å². The van der Waals surface area contributed by atoms with Crippen molar-refractivity contribution >= 4 is 5.91 Å². The fourth-order valence-corrected chi connectivity index (χ4v) is 5.37. The number of nitrogens with zero attached hydrogens (tertiary/aromatic N) is 2. The van der Waals surface area contributed by atoms with Crippen LogP contribution in [-0.4, -0.2) is 27.6 Å². The van der Waals surface area contributed by atoms with Crippen LogP contribution >= 0.6 is 0 Å². The first kappa shape index (κ1) is 21.4. The number of carbonyl (C=O) groups is 1. The van der Waals surface area contributed by atoms with Gasteiger partial charge in [-0.25, -0.2) is 0 Å². The molecule has 1 amide bonds. The summed E-state index contributed by atoms with van der Waals surface area (Å²) in [5.41, 5.74) is 1.19. The second-order valence-corrected chi connectivity index (χ2v) is 9.48. The fraction of sp³-hybridized carbons (Fsp3) is 0.667. The van der Waals surface area contributed by atoms with Crippen molar-refractivity contribution in [1.29, 1.82) is 0 Å². The molecule has 2 aromatic rings. The summed E-state index contributed by atoms with van der Waals surface area (Å²) in [7, 11) is 0. The lowest BCUT2D eigenvalue weighted by atomic mass is 9.88. The normalized spacial score (nSPS) is 23.2. The van der Waals surface area contributed by atoms with E-state index >= 15 is 0 Å². The van der Waals surface area contributed by atoms with Gasteiger partial charge in [0.1, 0.15) is 17.2 Å². The highest BCUT2D eigenvalue weighted by molar-refractivity contribution is 5.94. The third-order valence-electron chi connectivity index (χ3n) is 7.22. The van der Waals surface area contributed by atoms with Gasteiger partial charge in [-0.05, 0) is 63.0 Å². The summed E-state index contributed by atoms with van der Waals surface area (Å²) in [6.07, 6.45) is 12.3. The molecule has 1 atom stereocenters. The third kappa shape index (κ3) is 4.25. The Labute approximate surface area is 187 Å². The Morgan fingerprint density at radius 3 is 2.62 bits per heavy atom. The van der Waals surface area contributed by atoms with Crippen LogP contribution in [0.2, 0.25) is 0 Å². The van der Waals surface area contributed by atoms with Crippen LogP contribution in [0.15, 0.2) is 15.4 Å². The minimum atomic E-state index is -0.729. The Morgan fingerprint density at radius 2 is 1.84 bits per heavy atom. The van der Waals surface area contributed by atoms with Gasteiger partial charge < -0.3 is 19.6 Å². The zero-order valence-corrected chi connectivity index (χ0v) is 18.6. The van der Waals surface area contributed by atoms with Gasteiger partial charge >= 0.3 is 0 Å². The maximum atomic E-state index is 13.4. The van der Waals surface area contributed by atoms with Crippen molar-refractivity contribution in [2.75, 3.05) is 6.61 Å². The van der Waals surface area contributed by atoms with E-state index in [-0.39, 0.29) is 23.1 Å². The highest BCUT2D eigenvalue weighted by Crippen LogP contribution is 2.36. The molecule has 32 heavy (non-hydrogen) atoms. The van der Waals surface area contributed by atoms with Crippen LogP contribution in [0.5, 0.6) is 0 Å². The molecule has 1 saturated carbocycles. The average molecular weight is 441 g/mol. The van der Waals surface area contributed by atoms with Crippen LogP contribution in [0.4, 0.5) is 0 Å². The maximum Gasteiger partial charge on any atom is 0.261 e. The molecule has 3 aliphatic rings. The number of amides is 1. The van der Waals surface area contributed by atoms with Gasteiger partial charge in [0.05, 0.1) is 0 Å². The molecule has 0 spiro atoms. The second-order valence-electron chi connectivity index (χ2n) is 9.48. The van der Waals surface area contributed by atoms with Gasteiger partial charge in [0.25, 0.3) is 17.4 Å². The fourth-order valence-electron chi connectivity index (χ4n) is 5.37. The monoisotopic (exact) mass is 440 g/mol. The second kappa shape index (κ2) is 9.17. The number of ether oxygens (including phenoxy) is 1. The standard InChI is InChI=1S/C24H32N4O4/c29-20-17(15-16-9-4-3-5-10-18(16)25-20)21(30)27-24(12-6-1-2-7-13-24)23-26-22(32-28-23)19-11-8-14-31-19/h15,19H,1-14H2,(H,25,29)(H,27,30). The van der Waals surface area contributed by atoms with Crippen molar-refractivity contribution in [3.63, 3.8) is 0 Å². The van der Waals surface area contributed by atoms with Gasteiger partial charge in [0.2, 0.25) is 0 Å². The number of carbonyl (C=O) groups excluding carboxylic acids is 1. The Morgan fingerprint density at radius 1 is 1.06 bits per heavy atom. The van der Waals surface area contributed by atoms with Crippen LogP contribution in [0, 0.1) is 0 Å². The van der Waals surface area contributed by atoms with E-state index in [1.165, 1.54) is 0 Å². The molecule has 1 aliphatic heterocycles. The summed E-state index contributed by atoms with van der Waals surface area (Å²) in [5, 5.41) is 7.47. The summed E-state index contributed by atoms with van der Waals surface area (Å²) in [5.74, 6) is 0.631. The number of fused-ring (bicyclic) bond motifs is 1. The van der Waals surface area contributed by atoms with Gasteiger partial charge in [-0.3, -0.25) is 9.59 Å². The van der Waals surface area contributed by atoms with E-state index in [1.807, 2.05) is 0 Å². The summed E-state index contributed by atoms with van der Waals surface area (Å²) in [4.78, 5) is 33.9. The Kier molecular flexibility index (Phi) is 6.13. The molecule has 1 unspecified atom stereocenters. The first-order chi connectivity index (χ1) is 15.6. The predicted octanol–water partition coefficient (Wildman–Crippen LogP) is 3.86. The molecule has 2 N–H and O–H groups in total. The molecular weight excluding hydrogens is 408 g/mol. The Balaban J connectivity index is 1.45. The molecule has 0 bridgehead atoms. The number of nitrogens with one attached hydrogen (secondary N) is 2. The van der Waals surface area contributed by atoms with Gasteiger partial charge in [-0.15, -0.1) is 0 Å². The molecular formula is C24H32N4O4. The van der Waals surface area contributed by atoms with Gasteiger partial charge in [-0.1, -0.05) is 37.3 Å². The van der Waals surface area contributed by atoms with Crippen molar-refractivity contribution in [3.05, 3.63) is 45.0 Å². The Bertz CT molecular complexity index is 1010. The minimum Gasteiger partial charge on any atom is -0.368 e. The molecule has 8 heteroatoms. The summed E-state index contributed by atoms with van der Waals surface area (Å²) in [6, 6.07) is 1.80. The molecule has 2 aliphatic carbocycles. The van der Waals surface area contributed by atoms with Crippen molar-refractivity contribution < 1.29 is 14.1 Å². The van der Waals surface area contributed by atoms with Crippen LogP contribution in [0.1, 0.15) is 110 Å². The smallest absolute Gasteiger partial charge is 0.261 e. The maximum absolute atomic E-state index is 13.4. The first-order valence-corrected chi connectivity index (χ1v) is 12.2. The number of rotatable bonds is 4. The van der Waals surface area contributed by atoms with Crippen LogP contribution in [0.3, 0.4) is 0 Å². The first-order valence-electron chi connectivity index (χ1n) is 12.2. The van der Waals surface area contributed by atoms with Crippen molar-refractivity contribution in [1.82, 2.24) is 20.4 Å². The molecule has 172 valence electrons. The van der Waals surface area contributed by atoms with E-state index < -0.39 is 5.54 Å². The highest BCUT2D eigenvalue weighted by atomic mass is 16.5. The largest absolute Gasteiger partial charge is 0.368 e. The number of hydrogen-bond donors (Lipinski definition) is 2. The summed E-state index contributed by atoms with van der Waals surface area (Å²) >= 11 is 0. The molecule has 3 heterocycles. The SMILES string of the molecule is O=C(NC1(c2noc(C3CCCO3)n2)CCCCCC1)c1cc2c([nH]c1=O)CCCCC2. The molecule has 2 aromatic heterocycles. The highest BCUT2D eigenvalue weighted by Gasteiger charge is 2.40. The van der Waals surface area contributed by atoms with Gasteiger partial charge in [0, 0.05) is 12.3 Å². The van der Waals surface area contributed by atoms with Crippen molar-refractivity contribution in [2.24, 2.45) is 0 Å². The van der Waals surface area contributed by atoms with E-state index in [0.717, 1.165) is 94.7 Å². The molecule has 8 nitrogen and oxygen atoms in total. The van der Waals surface area contributed by atoms with E-state index in [4.69, 9.17) is 9.26 Å². The van der Waals surface area contributed by atoms with Crippen LogP contribution in [-0.2, 0) is 23.1 Å².